The minimum Gasteiger partial charge on any atom is -0.380 e. The summed E-state index contributed by atoms with van der Waals surface area (Å²) >= 11 is 0. The van der Waals surface area contributed by atoms with E-state index in [4.69, 9.17) is 4.74 Å². The summed E-state index contributed by atoms with van der Waals surface area (Å²) in [6.45, 7) is 9.35. The molecule has 1 N–H and O–H groups in total. The molecule has 2 heteroatoms. The molecule has 0 aromatic heterocycles. The fraction of sp³-hybridized carbons (Fsp3) is 0.647. The van der Waals surface area contributed by atoms with E-state index in [2.05, 4.69) is 56.4 Å². The van der Waals surface area contributed by atoms with E-state index in [-0.39, 0.29) is 0 Å². The molecule has 1 atom stereocenters. The van der Waals surface area contributed by atoms with E-state index < -0.39 is 0 Å². The molecule has 0 aliphatic carbocycles. The molecule has 19 heavy (non-hydrogen) atoms. The smallest absolute Gasteiger partial charge is 0.0591 e. The minimum atomic E-state index is 0.552. The van der Waals surface area contributed by atoms with Gasteiger partial charge in [-0.2, -0.15) is 0 Å². The Balaban J connectivity index is 2.12. The van der Waals surface area contributed by atoms with Crippen LogP contribution >= 0.6 is 0 Å². The van der Waals surface area contributed by atoms with Gasteiger partial charge in [-0.05, 0) is 30.7 Å². The average molecular weight is 263 g/mol. The molecule has 2 nitrogen and oxygen atoms in total. The van der Waals surface area contributed by atoms with Crippen molar-refractivity contribution in [1.29, 1.82) is 0 Å². The first kappa shape index (κ1) is 16.2. The SMILES string of the molecule is CCC(Cc1ccccc1)NCCOCCC(C)C. The average Bonchev–Trinajstić information content (AvgIpc) is 2.42. The quantitative estimate of drug-likeness (QED) is 0.650. The Morgan fingerprint density at radius 3 is 2.47 bits per heavy atom. The van der Waals surface area contributed by atoms with Crippen LogP contribution in [0.5, 0.6) is 0 Å². The predicted octanol–water partition coefficient (Wildman–Crippen LogP) is 3.66. The zero-order valence-electron chi connectivity index (χ0n) is 12.7. The highest BCUT2D eigenvalue weighted by atomic mass is 16.5. The van der Waals surface area contributed by atoms with E-state index in [0.29, 0.717) is 6.04 Å². The zero-order valence-corrected chi connectivity index (χ0v) is 12.7. The summed E-state index contributed by atoms with van der Waals surface area (Å²) in [5, 5.41) is 3.58. The van der Waals surface area contributed by atoms with E-state index in [1.54, 1.807) is 0 Å². The number of nitrogens with one attached hydrogen (secondary N) is 1. The fourth-order valence-electron chi connectivity index (χ4n) is 2.02. The van der Waals surface area contributed by atoms with Crippen LogP contribution < -0.4 is 5.32 Å². The van der Waals surface area contributed by atoms with Crippen molar-refractivity contribution >= 4 is 0 Å². The molecule has 0 aliphatic heterocycles. The van der Waals surface area contributed by atoms with E-state index >= 15 is 0 Å². The van der Waals surface area contributed by atoms with Gasteiger partial charge in [-0.15, -0.1) is 0 Å². The van der Waals surface area contributed by atoms with Gasteiger partial charge in [-0.3, -0.25) is 0 Å². The molecule has 0 heterocycles. The summed E-state index contributed by atoms with van der Waals surface area (Å²) in [7, 11) is 0. The van der Waals surface area contributed by atoms with Crippen molar-refractivity contribution in [1.82, 2.24) is 5.32 Å². The number of rotatable bonds is 10. The molecule has 1 rings (SSSR count). The van der Waals surface area contributed by atoms with Crippen LogP contribution in [0, 0.1) is 5.92 Å². The third kappa shape index (κ3) is 8.02. The summed E-state index contributed by atoms with van der Waals surface area (Å²) in [6, 6.07) is 11.2. The Hall–Kier alpha value is -0.860. The van der Waals surface area contributed by atoms with Gasteiger partial charge in [0.25, 0.3) is 0 Å². The van der Waals surface area contributed by atoms with Crippen molar-refractivity contribution in [2.45, 2.75) is 46.1 Å². The highest BCUT2D eigenvalue weighted by Crippen LogP contribution is 2.05. The fourth-order valence-corrected chi connectivity index (χ4v) is 2.02. The third-order valence-corrected chi connectivity index (χ3v) is 3.34. The monoisotopic (exact) mass is 263 g/mol. The minimum absolute atomic E-state index is 0.552. The first-order valence-corrected chi connectivity index (χ1v) is 7.57. The highest BCUT2D eigenvalue weighted by Gasteiger charge is 2.06. The molecule has 0 aliphatic rings. The molecule has 0 saturated heterocycles. The third-order valence-electron chi connectivity index (χ3n) is 3.34. The Morgan fingerprint density at radius 2 is 1.84 bits per heavy atom. The largest absolute Gasteiger partial charge is 0.380 e. The van der Waals surface area contributed by atoms with E-state index in [0.717, 1.165) is 44.9 Å². The molecule has 1 unspecified atom stereocenters. The Kier molecular flexibility index (Phi) is 8.52. The van der Waals surface area contributed by atoms with Gasteiger partial charge in [0.2, 0.25) is 0 Å². The van der Waals surface area contributed by atoms with Gasteiger partial charge in [0, 0.05) is 19.2 Å². The van der Waals surface area contributed by atoms with E-state index in [9.17, 15) is 0 Å². The molecular formula is C17H29NO. The van der Waals surface area contributed by atoms with Crippen molar-refractivity contribution in [3.8, 4) is 0 Å². The number of ether oxygens (including phenoxy) is 1. The summed E-state index contributed by atoms with van der Waals surface area (Å²) in [4.78, 5) is 0. The molecule has 0 bridgehead atoms. The lowest BCUT2D eigenvalue weighted by atomic mass is 10.0. The molecule has 108 valence electrons. The molecule has 0 amide bonds. The Bertz CT molecular complexity index is 310. The lowest BCUT2D eigenvalue weighted by Gasteiger charge is -2.17. The zero-order chi connectivity index (χ0) is 13.9. The van der Waals surface area contributed by atoms with Gasteiger partial charge in [0.1, 0.15) is 0 Å². The van der Waals surface area contributed by atoms with Gasteiger partial charge >= 0.3 is 0 Å². The lowest BCUT2D eigenvalue weighted by molar-refractivity contribution is 0.123. The van der Waals surface area contributed by atoms with Crippen molar-refractivity contribution < 1.29 is 4.74 Å². The second-order valence-corrected chi connectivity index (χ2v) is 5.54. The van der Waals surface area contributed by atoms with E-state index in [1.807, 2.05) is 0 Å². The van der Waals surface area contributed by atoms with Crippen LogP contribution in [-0.2, 0) is 11.2 Å². The van der Waals surface area contributed by atoms with Gasteiger partial charge in [0.15, 0.2) is 0 Å². The first-order valence-electron chi connectivity index (χ1n) is 7.57. The summed E-state index contributed by atoms with van der Waals surface area (Å²) in [5.41, 5.74) is 1.41. The van der Waals surface area contributed by atoms with Crippen LogP contribution in [0.1, 0.15) is 39.2 Å². The van der Waals surface area contributed by atoms with Crippen LogP contribution in [0.2, 0.25) is 0 Å². The number of hydrogen-bond acceptors (Lipinski definition) is 2. The van der Waals surface area contributed by atoms with Crippen LogP contribution in [0.4, 0.5) is 0 Å². The van der Waals surface area contributed by atoms with Crippen LogP contribution in [0.3, 0.4) is 0 Å². The van der Waals surface area contributed by atoms with Crippen molar-refractivity contribution in [3.05, 3.63) is 35.9 Å². The molecule has 0 saturated carbocycles. The molecule has 0 fully saturated rings. The number of benzene rings is 1. The maximum atomic E-state index is 5.63. The summed E-state index contributed by atoms with van der Waals surface area (Å²) in [6.07, 6.45) is 3.41. The summed E-state index contributed by atoms with van der Waals surface area (Å²) < 4.78 is 5.63. The second kappa shape index (κ2) is 9.99. The van der Waals surface area contributed by atoms with Gasteiger partial charge < -0.3 is 10.1 Å². The van der Waals surface area contributed by atoms with Gasteiger partial charge in [0.05, 0.1) is 6.61 Å². The normalized spacial score (nSPS) is 12.8. The second-order valence-electron chi connectivity index (χ2n) is 5.54. The highest BCUT2D eigenvalue weighted by molar-refractivity contribution is 5.15. The van der Waals surface area contributed by atoms with Crippen molar-refractivity contribution in [3.63, 3.8) is 0 Å². The first-order chi connectivity index (χ1) is 9.22. The van der Waals surface area contributed by atoms with Gasteiger partial charge in [-0.25, -0.2) is 0 Å². The van der Waals surface area contributed by atoms with Crippen molar-refractivity contribution in [2.24, 2.45) is 5.92 Å². The Morgan fingerprint density at radius 1 is 1.11 bits per heavy atom. The van der Waals surface area contributed by atoms with Crippen LogP contribution in [0.15, 0.2) is 30.3 Å². The number of hydrogen-bond donors (Lipinski definition) is 1. The maximum Gasteiger partial charge on any atom is 0.0591 e. The van der Waals surface area contributed by atoms with Crippen LogP contribution in [0.25, 0.3) is 0 Å². The molecule has 1 aromatic carbocycles. The van der Waals surface area contributed by atoms with Crippen LogP contribution in [-0.4, -0.2) is 25.8 Å². The topological polar surface area (TPSA) is 21.3 Å². The van der Waals surface area contributed by atoms with Crippen molar-refractivity contribution in [2.75, 3.05) is 19.8 Å². The maximum absolute atomic E-state index is 5.63. The van der Waals surface area contributed by atoms with E-state index in [1.165, 1.54) is 5.56 Å². The predicted molar refractivity (Wildman–Crippen MR) is 82.5 cm³/mol. The lowest BCUT2D eigenvalue weighted by Crippen LogP contribution is -2.33. The molecule has 0 radical (unpaired) electrons. The molecule has 0 spiro atoms. The summed E-state index contributed by atoms with van der Waals surface area (Å²) in [5.74, 6) is 0.731. The van der Waals surface area contributed by atoms with Gasteiger partial charge in [-0.1, -0.05) is 51.1 Å². The molecule has 1 aromatic rings. The standard InChI is InChI=1S/C17H29NO/c1-4-17(14-16-8-6-5-7-9-16)18-11-13-19-12-10-15(2)3/h5-9,15,17-18H,4,10-14H2,1-3H3. The molecular weight excluding hydrogens is 234 g/mol. The Labute approximate surface area is 118 Å².